The van der Waals surface area contributed by atoms with Crippen molar-refractivity contribution >= 4 is 17.5 Å². The largest absolute Gasteiger partial charge is 0.356 e. The number of carbonyl (C=O) groups is 1. The van der Waals surface area contributed by atoms with Gasteiger partial charge < -0.3 is 5.32 Å². The van der Waals surface area contributed by atoms with E-state index in [4.69, 9.17) is 11.6 Å². The first-order valence-corrected chi connectivity index (χ1v) is 5.21. The number of nitrogens with one attached hydrogen (secondary N) is 1. The number of rotatable bonds is 4. The average Bonchev–Trinajstić information content (AvgIpc) is 2.56. The van der Waals surface area contributed by atoms with Gasteiger partial charge in [-0.15, -0.1) is 11.6 Å². The van der Waals surface area contributed by atoms with Crippen molar-refractivity contribution in [1.29, 1.82) is 0 Å². The van der Waals surface area contributed by atoms with Gasteiger partial charge in [-0.3, -0.25) is 4.79 Å². The number of hydrogen-bond donors (Lipinski definition) is 1. The molecule has 0 radical (unpaired) electrons. The van der Waals surface area contributed by atoms with Gasteiger partial charge in [0.1, 0.15) is 0 Å². The number of halogens is 1. The molecule has 0 heterocycles. The molecule has 0 atom stereocenters. The van der Waals surface area contributed by atoms with E-state index in [0.717, 1.165) is 25.8 Å². The Morgan fingerprint density at radius 1 is 1.42 bits per heavy atom. The molecule has 0 aromatic heterocycles. The fourth-order valence-corrected chi connectivity index (χ4v) is 1.74. The highest BCUT2D eigenvalue weighted by Crippen LogP contribution is 2.24. The monoisotopic (exact) mass is 189 g/mol. The molecular weight excluding hydrogens is 174 g/mol. The van der Waals surface area contributed by atoms with Crippen LogP contribution in [0.15, 0.2) is 0 Å². The second kappa shape index (κ2) is 5.41. The lowest BCUT2D eigenvalue weighted by Gasteiger charge is -2.08. The third kappa shape index (κ3) is 3.02. The normalized spacial score (nSPS) is 18.1. The van der Waals surface area contributed by atoms with E-state index in [1.54, 1.807) is 0 Å². The van der Waals surface area contributed by atoms with Crippen LogP contribution in [0, 0.1) is 5.92 Å². The molecular formula is C9H16ClNO. The van der Waals surface area contributed by atoms with E-state index in [1.165, 1.54) is 12.8 Å². The zero-order valence-electron chi connectivity index (χ0n) is 7.31. The lowest BCUT2D eigenvalue weighted by molar-refractivity contribution is -0.124. The molecule has 0 aromatic rings. The first kappa shape index (κ1) is 9.85. The summed E-state index contributed by atoms with van der Waals surface area (Å²) in [6.45, 7) is 0.735. The summed E-state index contributed by atoms with van der Waals surface area (Å²) in [4.78, 5) is 11.4. The maximum absolute atomic E-state index is 11.4. The summed E-state index contributed by atoms with van der Waals surface area (Å²) in [6.07, 6.45) is 5.46. The predicted molar refractivity (Wildman–Crippen MR) is 50.3 cm³/mol. The summed E-state index contributed by atoms with van der Waals surface area (Å²) in [7, 11) is 0. The van der Waals surface area contributed by atoms with Crippen molar-refractivity contribution in [2.24, 2.45) is 5.92 Å². The number of amides is 1. The number of hydrogen-bond acceptors (Lipinski definition) is 1. The zero-order valence-corrected chi connectivity index (χ0v) is 8.07. The van der Waals surface area contributed by atoms with Crippen LogP contribution in [-0.4, -0.2) is 18.3 Å². The third-order valence-electron chi connectivity index (χ3n) is 2.34. The molecule has 1 rings (SSSR count). The lowest BCUT2D eigenvalue weighted by Crippen LogP contribution is -2.30. The molecule has 0 spiro atoms. The van der Waals surface area contributed by atoms with E-state index in [1.807, 2.05) is 0 Å². The molecule has 70 valence electrons. The minimum Gasteiger partial charge on any atom is -0.356 e. The van der Waals surface area contributed by atoms with Crippen LogP contribution in [0.25, 0.3) is 0 Å². The molecule has 1 N–H and O–H groups in total. The fraction of sp³-hybridized carbons (Fsp3) is 0.889. The van der Waals surface area contributed by atoms with Gasteiger partial charge in [-0.25, -0.2) is 0 Å². The Kier molecular flexibility index (Phi) is 4.44. The molecule has 0 saturated heterocycles. The highest BCUT2D eigenvalue weighted by atomic mass is 35.5. The molecule has 1 aliphatic carbocycles. The molecule has 0 unspecified atom stereocenters. The molecule has 3 heteroatoms. The van der Waals surface area contributed by atoms with Crippen molar-refractivity contribution < 1.29 is 4.79 Å². The Balaban J connectivity index is 2.10. The second-order valence-electron chi connectivity index (χ2n) is 3.31. The van der Waals surface area contributed by atoms with Crippen LogP contribution in [0.4, 0.5) is 0 Å². The number of alkyl halides is 1. The summed E-state index contributed by atoms with van der Waals surface area (Å²) in [5.41, 5.74) is 0. The molecule has 1 amide bonds. The highest BCUT2D eigenvalue weighted by Gasteiger charge is 2.21. The molecule has 1 fully saturated rings. The molecule has 1 saturated carbocycles. The smallest absolute Gasteiger partial charge is 0.223 e. The Hall–Kier alpha value is -0.240. The summed E-state index contributed by atoms with van der Waals surface area (Å²) >= 11 is 5.49. The van der Waals surface area contributed by atoms with Crippen LogP contribution < -0.4 is 5.32 Å². The van der Waals surface area contributed by atoms with Crippen molar-refractivity contribution in [3.05, 3.63) is 0 Å². The molecule has 0 aromatic carbocycles. The molecule has 0 bridgehead atoms. The van der Waals surface area contributed by atoms with Gasteiger partial charge in [0, 0.05) is 18.3 Å². The van der Waals surface area contributed by atoms with Crippen LogP contribution in [-0.2, 0) is 4.79 Å². The first-order valence-electron chi connectivity index (χ1n) is 4.68. The van der Waals surface area contributed by atoms with Crippen LogP contribution in [0.3, 0.4) is 0 Å². The summed E-state index contributed by atoms with van der Waals surface area (Å²) in [6, 6.07) is 0. The standard InChI is InChI=1S/C9H16ClNO/c10-6-3-7-11-9(12)8-4-1-2-5-8/h8H,1-7H2,(H,11,12). The maximum Gasteiger partial charge on any atom is 0.223 e. The Bertz CT molecular complexity index is 143. The maximum atomic E-state index is 11.4. The first-order chi connectivity index (χ1) is 5.84. The van der Waals surface area contributed by atoms with Gasteiger partial charge in [-0.05, 0) is 19.3 Å². The Labute approximate surface area is 78.7 Å². The van der Waals surface area contributed by atoms with Crippen molar-refractivity contribution in [3.8, 4) is 0 Å². The van der Waals surface area contributed by atoms with Crippen LogP contribution in [0.1, 0.15) is 32.1 Å². The fourth-order valence-electron chi connectivity index (χ4n) is 1.61. The lowest BCUT2D eigenvalue weighted by atomic mass is 10.1. The SMILES string of the molecule is O=C(NCCCCl)C1CCCC1. The third-order valence-corrected chi connectivity index (χ3v) is 2.60. The van der Waals surface area contributed by atoms with E-state index in [2.05, 4.69) is 5.32 Å². The quantitative estimate of drug-likeness (QED) is 0.532. The van der Waals surface area contributed by atoms with Crippen molar-refractivity contribution in [2.75, 3.05) is 12.4 Å². The average molecular weight is 190 g/mol. The van der Waals surface area contributed by atoms with Gasteiger partial charge in [0.15, 0.2) is 0 Å². The van der Waals surface area contributed by atoms with E-state index >= 15 is 0 Å². The van der Waals surface area contributed by atoms with E-state index < -0.39 is 0 Å². The van der Waals surface area contributed by atoms with E-state index in [-0.39, 0.29) is 5.91 Å². The highest BCUT2D eigenvalue weighted by molar-refractivity contribution is 6.17. The molecule has 2 nitrogen and oxygen atoms in total. The second-order valence-corrected chi connectivity index (χ2v) is 3.69. The van der Waals surface area contributed by atoms with Crippen molar-refractivity contribution in [2.45, 2.75) is 32.1 Å². The van der Waals surface area contributed by atoms with Gasteiger partial charge in [0.2, 0.25) is 5.91 Å². The molecule has 0 aliphatic heterocycles. The van der Waals surface area contributed by atoms with Crippen molar-refractivity contribution in [1.82, 2.24) is 5.32 Å². The van der Waals surface area contributed by atoms with Gasteiger partial charge in [0.25, 0.3) is 0 Å². The molecule has 1 aliphatic rings. The van der Waals surface area contributed by atoms with Gasteiger partial charge in [-0.1, -0.05) is 12.8 Å². The van der Waals surface area contributed by atoms with Gasteiger partial charge in [-0.2, -0.15) is 0 Å². The number of carbonyl (C=O) groups excluding carboxylic acids is 1. The predicted octanol–water partition coefficient (Wildman–Crippen LogP) is 1.92. The summed E-state index contributed by atoms with van der Waals surface area (Å²) in [5.74, 6) is 1.16. The van der Waals surface area contributed by atoms with Gasteiger partial charge in [0.05, 0.1) is 0 Å². The van der Waals surface area contributed by atoms with Crippen molar-refractivity contribution in [3.63, 3.8) is 0 Å². The summed E-state index contributed by atoms with van der Waals surface area (Å²) < 4.78 is 0. The van der Waals surface area contributed by atoms with Gasteiger partial charge >= 0.3 is 0 Å². The van der Waals surface area contributed by atoms with Crippen LogP contribution >= 0.6 is 11.6 Å². The topological polar surface area (TPSA) is 29.1 Å². The summed E-state index contributed by atoms with van der Waals surface area (Å²) in [5, 5.41) is 2.90. The minimum atomic E-state index is 0.234. The zero-order chi connectivity index (χ0) is 8.81. The van der Waals surface area contributed by atoms with Crippen LogP contribution in [0.5, 0.6) is 0 Å². The van der Waals surface area contributed by atoms with Crippen LogP contribution in [0.2, 0.25) is 0 Å². The van der Waals surface area contributed by atoms with E-state index in [0.29, 0.717) is 11.8 Å². The Morgan fingerprint density at radius 2 is 2.08 bits per heavy atom. The minimum absolute atomic E-state index is 0.234. The van der Waals surface area contributed by atoms with E-state index in [9.17, 15) is 4.79 Å². The Morgan fingerprint density at radius 3 is 2.67 bits per heavy atom. The molecule has 12 heavy (non-hydrogen) atoms.